The summed E-state index contributed by atoms with van der Waals surface area (Å²) >= 11 is 5.87. The van der Waals surface area contributed by atoms with Gasteiger partial charge in [0, 0.05) is 6.42 Å². The number of halogens is 2. The van der Waals surface area contributed by atoms with E-state index in [2.05, 4.69) is 15.0 Å². The van der Waals surface area contributed by atoms with Gasteiger partial charge in [-0.15, -0.1) is 0 Å². The van der Waals surface area contributed by atoms with E-state index in [4.69, 9.17) is 31.5 Å². The van der Waals surface area contributed by atoms with Gasteiger partial charge in [-0.25, -0.2) is 19.0 Å². The second-order valence-electron chi connectivity index (χ2n) is 10.0. The van der Waals surface area contributed by atoms with Crippen LogP contribution < -0.4 is 10.5 Å². The van der Waals surface area contributed by atoms with Crippen molar-refractivity contribution in [2.24, 2.45) is 0 Å². The molecule has 1 saturated heterocycles. The summed E-state index contributed by atoms with van der Waals surface area (Å²) in [4.78, 5) is 36.5. The molecule has 5 N–H and O–H groups in total. The van der Waals surface area contributed by atoms with Crippen LogP contribution in [0.3, 0.4) is 0 Å². The molecule has 13 nitrogen and oxygen atoms in total. The van der Waals surface area contributed by atoms with Crippen molar-refractivity contribution >= 4 is 40.5 Å². The molecule has 3 heterocycles. The van der Waals surface area contributed by atoms with Crippen molar-refractivity contribution in [1.82, 2.24) is 19.5 Å². The van der Waals surface area contributed by atoms with Gasteiger partial charge in [0.2, 0.25) is 5.28 Å². The number of nitrogens with two attached hydrogens (primary N) is 1. The van der Waals surface area contributed by atoms with Gasteiger partial charge in [-0.1, -0.05) is 42.5 Å². The molecule has 42 heavy (non-hydrogen) atoms. The third-order valence-electron chi connectivity index (χ3n) is 7.39. The predicted molar refractivity (Wildman–Crippen MR) is 142 cm³/mol. The fourth-order valence-corrected chi connectivity index (χ4v) is 5.24. The molecule has 0 amide bonds. The highest BCUT2D eigenvalue weighted by atomic mass is 35.5. The summed E-state index contributed by atoms with van der Waals surface area (Å²) in [6.45, 7) is 0.298. The Labute approximate surface area is 241 Å². The zero-order valence-electron chi connectivity index (χ0n) is 21.5. The molecule has 0 spiro atoms. The lowest BCUT2D eigenvalue weighted by molar-refractivity contribution is -0.194. The quantitative estimate of drug-likeness (QED) is 0.154. The van der Waals surface area contributed by atoms with Gasteiger partial charge in [-0.3, -0.25) is 4.57 Å². The van der Waals surface area contributed by atoms with Crippen LogP contribution in [0.1, 0.15) is 17.4 Å². The van der Waals surface area contributed by atoms with E-state index < -0.39 is 54.2 Å². The molecule has 2 aliphatic rings. The number of carboxylic acids is 2. The van der Waals surface area contributed by atoms with Crippen molar-refractivity contribution in [2.75, 3.05) is 5.73 Å². The highest BCUT2D eigenvalue weighted by Crippen LogP contribution is 2.58. The zero-order chi connectivity index (χ0) is 29.8. The zero-order valence-corrected chi connectivity index (χ0v) is 22.3. The van der Waals surface area contributed by atoms with Crippen molar-refractivity contribution in [1.29, 1.82) is 0 Å². The molecular weight excluding hydrogens is 577 g/mol. The second-order valence-corrected chi connectivity index (χ2v) is 10.3. The van der Waals surface area contributed by atoms with Crippen molar-refractivity contribution in [2.45, 2.75) is 48.8 Å². The topological polar surface area (TPSA) is 192 Å². The van der Waals surface area contributed by atoms with Crippen LogP contribution in [-0.2, 0) is 32.1 Å². The molecule has 0 bridgehead atoms. The van der Waals surface area contributed by atoms with Gasteiger partial charge in [0.25, 0.3) is 5.60 Å². The summed E-state index contributed by atoms with van der Waals surface area (Å²) in [6.07, 6.45) is -6.06. The van der Waals surface area contributed by atoms with Crippen LogP contribution in [0.25, 0.3) is 11.2 Å². The summed E-state index contributed by atoms with van der Waals surface area (Å²) in [6, 6.07) is 15.6. The first kappa shape index (κ1) is 27.8. The largest absolute Gasteiger partial charge is 0.489 e. The average molecular weight is 600 g/mol. The normalized spacial score (nSPS) is 24.8. The van der Waals surface area contributed by atoms with Gasteiger partial charge in [-0.05, 0) is 34.9 Å². The van der Waals surface area contributed by atoms with Gasteiger partial charge >= 0.3 is 11.9 Å². The summed E-state index contributed by atoms with van der Waals surface area (Å²) in [5, 5.41) is 30.8. The number of rotatable bonds is 10. The molecular formula is C27H23ClFN5O8. The highest BCUT2D eigenvalue weighted by molar-refractivity contribution is 6.28. The number of aromatic nitrogens is 4. The third kappa shape index (κ3) is 4.48. The predicted octanol–water partition coefficient (Wildman–Crippen LogP) is 2.16. The standard InChI is InChI=1S/C27H23ClFN5O8/c28-25-32-20(30)16-21(33-25)34(12-31-16)22-17(29)27(39)18(41-22)19(27)42-26(23(35)36,24(37)38)10-13-6-8-15(9-7-13)40-11-14-4-2-1-3-5-14/h1-9,12,17-19,22,39H,10-11H2,(H,35,36)(H,37,38)(H2,30,32,33)/t17-,18-,19?,22-,27+/m1/s1. The van der Waals surface area contributed by atoms with Crippen molar-refractivity contribution in [3.8, 4) is 5.75 Å². The molecule has 1 aliphatic carbocycles. The van der Waals surface area contributed by atoms with Crippen molar-refractivity contribution < 1.29 is 43.5 Å². The van der Waals surface area contributed by atoms with Crippen molar-refractivity contribution in [3.05, 3.63) is 77.3 Å². The van der Waals surface area contributed by atoms with E-state index in [1.807, 2.05) is 30.3 Å². The molecule has 2 fully saturated rings. The minimum absolute atomic E-state index is 0.0455. The Balaban J connectivity index is 1.18. The molecule has 1 aliphatic heterocycles. The average Bonchev–Trinajstić information content (AvgIpc) is 3.20. The Morgan fingerprint density at radius 2 is 1.79 bits per heavy atom. The Morgan fingerprint density at radius 3 is 2.40 bits per heavy atom. The van der Waals surface area contributed by atoms with Crippen LogP contribution in [0.4, 0.5) is 10.2 Å². The number of anilines is 1. The Morgan fingerprint density at radius 1 is 1.10 bits per heavy atom. The van der Waals surface area contributed by atoms with Gasteiger partial charge in [0.1, 0.15) is 30.1 Å². The molecule has 6 rings (SSSR count). The van der Waals surface area contributed by atoms with Crippen LogP contribution in [-0.4, -0.2) is 76.4 Å². The molecule has 5 atom stereocenters. The number of ether oxygens (including phenoxy) is 3. The number of carbonyl (C=O) groups is 2. The molecule has 1 unspecified atom stereocenters. The van der Waals surface area contributed by atoms with E-state index in [1.165, 1.54) is 18.5 Å². The van der Waals surface area contributed by atoms with E-state index in [0.29, 0.717) is 17.9 Å². The maximum absolute atomic E-state index is 15.7. The molecule has 2 aromatic carbocycles. The van der Waals surface area contributed by atoms with Gasteiger partial charge in [-0.2, -0.15) is 9.97 Å². The first-order valence-electron chi connectivity index (χ1n) is 12.6. The first-order chi connectivity index (χ1) is 20.0. The van der Waals surface area contributed by atoms with Gasteiger partial charge < -0.3 is 35.3 Å². The number of carboxylic acid groups (broad SMARTS) is 2. The lowest BCUT2D eigenvalue weighted by Crippen LogP contribution is -2.53. The minimum atomic E-state index is -2.85. The molecule has 218 valence electrons. The summed E-state index contributed by atoms with van der Waals surface area (Å²) < 4.78 is 33.7. The van der Waals surface area contributed by atoms with E-state index >= 15 is 4.39 Å². The smallest absolute Gasteiger partial charge is 0.348 e. The maximum atomic E-state index is 15.7. The molecule has 1 saturated carbocycles. The number of hydrogen-bond acceptors (Lipinski definition) is 10. The molecule has 2 aromatic heterocycles. The summed E-state index contributed by atoms with van der Waals surface area (Å²) in [5.41, 5.74) is 2.00. The maximum Gasteiger partial charge on any atom is 0.348 e. The van der Waals surface area contributed by atoms with Crippen LogP contribution in [0.5, 0.6) is 5.75 Å². The monoisotopic (exact) mass is 599 g/mol. The van der Waals surface area contributed by atoms with Gasteiger partial charge in [0.05, 0.1) is 6.33 Å². The molecule has 0 radical (unpaired) electrons. The van der Waals surface area contributed by atoms with E-state index in [9.17, 15) is 24.9 Å². The Bertz CT molecular complexity index is 1660. The molecule has 4 aromatic rings. The number of imidazole rings is 1. The number of aliphatic carboxylic acids is 2. The Hall–Kier alpha value is -4.37. The third-order valence-corrected chi connectivity index (χ3v) is 7.56. The number of alkyl halides is 1. The number of fused-ring (bicyclic) bond motifs is 2. The fourth-order valence-electron chi connectivity index (χ4n) is 5.07. The summed E-state index contributed by atoms with van der Waals surface area (Å²) in [5.74, 6) is -3.23. The minimum Gasteiger partial charge on any atom is -0.489 e. The number of benzene rings is 2. The second kappa shape index (κ2) is 10.2. The lowest BCUT2D eigenvalue weighted by Gasteiger charge is -2.28. The van der Waals surface area contributed by atoms with E-state index in [0.717, 1.165) is 10.1 Å². The number of nitrogens with zero attached hydrogens (tertiary/aromatic N) is 4. The van der Waals surface area contributed by atoms with Gasteiger partial charge in [0.15, 0.2) is 29.5 Å². The number of hydrogen-bond donors (Lipinski definition) is 4. The van der Waals surface area contributed by atoms with E-state index in [1.54, 1.807) is 12.1 Å². The first-order valence-corrected chi connectivity index (χ1v) is 13.0. The lowest BCUT2D eigenvalue weighted by atomic mass is 9.94. The van der Waals surface area contributed by atoms with Crippen LogP contribution >= 0.6 is 11.6 Å². The molecule has 15 heteroatoms. The van der Waals surface area contributed by atoms with Crippen LogP contribution in [0.15, 0.2) is 60.9 Å². The fraction of sp³-hybridized carbons (Fsp3) is 0.296. The SMILES string of the molecule is Nc1nc(Cl)nc2c1ncn2[C@@H]1O[C@@H]2C(OC(Cc3ccc(OCc4ccccc4)cc3)(C(=O)O)C(=O)O)[C@]2(O)[C@@H]1F. The number of aliphatic hydroxyl groups is 1. The van der Waals surface area contributed by atoms with Crippen LogP contribution in [0, 0.1) is 0 Å². The highest BCUT2D eigenvalue weighted by Gasteiger charge is 2.80. The van der Waals surface area contributed by atoms with E-state index in [-0.39, 0.29) is 22.3 Å². The van der Waals surface area contributed by atoms with Crippen molar-refractivity contribution in [3.63, 3.8) is 0 Å². The van der Waals surface area contributed by atoms with Crippen LogP contribution in [0.2, 0.25) is 5.28 Å². The number of nitrogen functional groups attached to an aromatic ring is 1. The Kier molecular flexibility index (Phi) is 6.73. The summed E-state index contributed by atoms with van der Waals surface area (Å²) in [7, 11) is 0.